The van der Waals surface area contributed by atoms with Crippen molar-refractivity contribution in [1.82, 2.24) is 10.6 Å². The molecule has 1 heterocycles. The first-order chi connectivity index (χ1) is 11.6. The highest BCUT2D eigenvalue weighted by Crippen LogP contribution is 2.27. The van der Waals surface area contributed by atoms with Gasteiger partial charge >= 0.3 is 6.03 Å². The molecule has 0 unspecified atom stereocenters. The van der Waals surface area contributed by atoms with Gasteiger partial charge in [0.2, 0.25) is 0 Å². The number of carbonyl (C=O) groups excluding carboxylic acids is 2. The van der Waals surface area contributed by atoms with Crippen LogP contribution < -0.4 is 20.7 Å². The van der Waals surface area contributed by atoms with Crippen molar-refractivity contribution in [2.24, 2.45) is 0 Å². The molecule has 0 aliphatic carbocycles. The molecule has 0 fully saturated rings. The summed E-state index contributed by atoms with van der Waals surface area (Å²) in [6.07, 6.45) is 1.42. The lowest BCUT2D eigenvalue weighted by Gasteiger charge is -2.10. The summed E-state index contributed by atoms with van der Waals surface area (Å²) in [5, 5.41) is 8.31. The smallest absolute Gasteiger partial charge is 0.319 e. The second-order valence-corrected chi connectivity index (χ2v) is 5.10. The molecule has 0 saturated heterocycles. The molecule has 3 N–H and O–H groups in total. The molecule has 0 radical (unpaired) electrons. The summed E-state index contributed by atoms with van der Waals surface area (Å²) >= 11 is 6.05. The summed E-state index contributed by atoms with van der Waals surface area (Å²) in [5.74, 6) is 0.453. The van der Waals surface area contributed by atoms with Crippen molar-refractivity contribution < 1.29 is 18.7 Å². The SMILES string of the molecule is CCOc1ccc(NC(=O)NCCNC(=O)c2ccco2)cc1Cl. The Morgan fingerprint density at radius 2 is 2.00 bits per heavy atom. The number of hydrogen-bond acceptors (Lipinski definition) is 4. The number of urea groups is 1. The number of ether oxygens (including phenoxy) is 1. The Morgan fingerprint density at radius 1 is 1.21 bits per heavy atom. The minimum absolute atomic E-state index is 0.225. The Morgan fingerprint density at radius 3 is 2.67 bits per heavy atom. The fraction of sp³-hybridized carbons (Fsp3) is 0.250. The zero-order valence-corrected chi connectivity index (χ0v) is 13.9. The lowest BCUT2D eigenvalue weighted by atomic mass is 10.3. The number of hydrogen-bond donors (Lipinski definition) is 3. The molecule has 1 aromatic heterocycles. The summed E-state index contributed by atoms with van der Waals surface area (Å²) in [6, 6.07) is 7.76. The van der Waals surface area contributed by atoms with Gasteiger partial charge in [-0.15, -0.1) is 0 Å². The molecule has 0 atom stereocenters. The molecule has 0 aliphatic rings. The van der Waals surface area contributed by atoms with E-state index in [0.29, 0.717) is 23.1 Å². The van der Waals surface area contributed by atoms with Crippen molar-refractivity contribution >= 4 is 29.2 Å². The molecule has 8 heteroatoms. The Kier molecular flexibility index (Phi) is 6.51. The van der Waals surface area contributed by atoms with E-state index in [1.54, 1.807) is 30.3 Å². The minimum Gasteiger partial charge on any atom is -0.492 e. The monoisotopic (exact) mass is 351 g/mol. The maximum absolute atomic E-state index is 11.8. The largest absolute Gasteiger partial charge is 0.492 e. The van der Waals surface area contributed by atoms with Crippen LogP contribution >= 0.6 is 11.6 Å². The van der Waals surface area contributed by atoms with Crippen molar-refractivity contribution in [3.8, 4) is 5.75 Å². The molecule has 0 aliphatic heterocycles. The van der Waals surface area contributed by atoms with Crippen LogP contribution in [0.2, 0.25) is 5.02 Å². The van der Waals surface area contributed by atoms with Crippen LogP contribution in [-0.4, -0.2) is 31.6 Å². The minimum atomic E-state index is -0.400. The van der Waals surface area contributed by atoms with E-state index in [-0.39, 0.29) is 24.8 Å². The molecule has 0 saturated carbocycles. The Bertz CT molecular complexity index is 689. The van der Waals surface area contributed by atoms with Crippen LogP contribution in [0.15, 0.2) is 41.0 Å². The third-order valence-electron chi connectivity index (χ3n) is 2.93. The van der Waals surface area contributed by atoms with E-state index in [1.807, 2.05) is 6.92 Å². The van der Waals surface area contributed by atoms with Crippen molar-refractivity contribution in [2.45, 2.75) is 6.92 Å². The maximum atomic E-state index is 11.8. The molecule has 1 aromatic carbocycles. The van der Waals surface area contributed by atoms with Crippen molar-refractivity contribution in [3.05, 3.63) is 47.4 Å². The normalized spacial score (nSPS) is 10.1. The maximum Gasteiger partial charge on any atom is 0.319 e. The summed E-state index contributed by atoms with van der Waals surface area (Å²) in [6.45, 7) is 2.91. The van der Waals surface area contributed by atoms with Gasteiger partial charge in [-0.2, -0.15) is 0 Å². The standard InChI is InChI=1S/C16H18ClN3O4/c1-2-23-13-6-5-11(10-12(13)17)20-16(22)19-8-7-18-15(21)14-4-3-9-24-14/h3-6,9-10H,2,7-8H2,1H3,(H,18,21)(H2,19,20,22). The number of nitrogens with one attached hydrogen (secondary N) is 3. The first kappa shape index (κ1) is 17.7. The highest BCUT2D eigenvalue weighted by molar-refractivity contribution is 6.32. The van der Waals surface area contributed by atoms with Crippen LogP contribution in [0.5, 0.6) is 5.75 Å². The van der Waals surface area contributed by atoms with E-state index in [2.05, 4.69) is 16.0 Å². The van der Waals surface area contributed by atoms with Crippen molar-refractivity contribution in [2.75, 3.05) is 25.0 Å². The number of anilines is 1. The van der Waals surface area contributed by atoms with Crippen LogP contribution in [0, 0.1) is 0 Å². The van der Waals surface area contributed by atoms with E-state index in [1.165, 1.54) is 6.26 Å². The number of rotatable bonds is 7. The Labute approximate surface area is 144 Å². The highest BCUT2D eigenvalue weighted by Gasteiger charge is 2.08. The van der Waals surface area contributed by atoms with Crippen LogP contribution in [0.3, 0.4) is 0 Å². The predicted octanol–water partition coefficient (Wildman–Crippen LogP) is 2.88. The number of amides is 3. The van der Waals surface area contributed by atoms with Crippen LogP contribution in [0.25, 0.3) is 0 Å². The number of benzene rings is 1. The van der Waals surface area contributed by atoms with Gasteiger partial charge in [-0.1, -0.05) is 11.6 Å². The van der Waals surface area contributed by atoms with Gasteiger partial charge in [0.15, 0.2) is 5.76 Å². The van der Waals surface area contributed by atoms with E-state index in [0.717, 1.165) is 0 Å². The highest BCUT2D eigenvalue weighted by atomic mass is 35.5. The Hall–Kier alpha value is -2.67. The zero-order valence-electron chi connectivity index (χ0n) is 13.1. The first-order valence-electron chi connectivity index (χ1n) is 7.39. The van der Waals surface area contributed by atoms with E-state index < -0.39 is 6.03 Å². The molecule has 2 aromatic rings. The number of halogens is 1. The molecular formula is C16H18ClN3O4. The lowest BCUT2D eigenvalue weighted by molar-refractivity contribution is 0.0926. The quantitative estimate of drug-likeness (QED) is 0.669. The topological polar surface area (TPSA) is 92.6 Å². The zero-order chi connectivity index (χ0) is 17.4. The van der Waals surface area contributed by atoms with Crippen LogP contribution in [0.4, 0.5) is 10.5 Å². The molecule has 2 rings (SSSR count). The van der Waals surface area contributed by atoms with Gasteiger partial charge in [-0.3, -0.25) is 4.79 Å². The molecule has 128 valence electrons. The van der Waals surface area contributed by atoms with Crippen LogP contribution in [-0.2, 0) is 0 Å². The molecular weight excluding hydrogens is 334 g/mol. The van der Waals surface area contributed by atoms with Gasteiger partial charge in [-0.25, -0.2) is 4.79 Å². The summed E-state index contributed by atoms with van der Waals surface area (Å²) in [7, 11) is 0. The van der Waals surface area contributed by atoms with Crippen molar-refractivity contribution in [3.63, 3.8) is 0 Å². The fourth-order valence-electron chi connectivity index (χ4n) is 1.87. The second-order valence-electron chi connectivity index (χ2n) is 4.69. The Balaban J connectivity index is 1.71. The van der Waals surface area contributed by atoms with E-state index >= 15 is 0 Å². The van der Waals surface area contributed by atoms with Crippen molar-refractivity contribution in [1.29, 1.82) is 0 Å². The lowest BCUT2D eigenvalue weighted by Crippen LogP contribution is -2.36. The van der Waals surface area contributed by atoms with Gasteiger partial charge in [-0.05, 0) is 37.3 Å². The molecule has 7 nitrogen and oxygen atoms in total. The van der Waals surface area contributed by atoms with Gasteiger partial charge in [0.05, 0.1) is 17.9 Å². The van der Waals surface area contributed by atoms with Gasteiger partial charge < -0.3 is 25.1 Å². The van der Waals surface area contributed by atoms with Crippen LogP contribution in [0.1, 0.15) is 17.5 Å². The second kappa shape index (κ2) is 8.83. The van der Waals surface area contributed by atoms with Gasteiger partial charge in [0.25, 0.3) is 5.91 Å². The number of carbonyl (C=O) groups is 2. The predicted molar refractivity (Wildman–Crippen MR) is 90.7 cm³/mol. The molecule has 0 spiro atoms. The van der Waals surface area contributed by atoms with Gasteiger partial charge in [0.1, 0.15) is 5.75 Å². The third kappa shape index (κ3) is 5.20. The number of furan rings is 1. The average Bonchev–Trinajstić information content (AvgIpc) is 3.09. The average molecular weight is 352 g/mol. The van der Waals surface area contributed by atoms with E-state index in [4.69, 9.17) is 20.8 Å². The van der Waals surface area contributed by atoms with E-state index in [9.17, 15) is 9.59 Å². The molecule has 0 bridgehead atoms. The summed E-state index contributed by atoms with van der Waals surface area (Å²) in [5.41, 5.74) is 0.542. The fourth-order valence-corrected chi connectivity index (χ4v) is 2.11. The summed E-state index contributed by atoms with van der Waals surface area (Å²) in [4.78, 5) is 23.4. The first-order valence-corrected chi connectivity index (χ1v) is 7.77. The summed E-state index contributed by atoms with van der Waals surface area (Å²) < 4.78 is 10.3. The molecule has 24 heavy (non-hydrogen) atoms. The van der Waals surface area contributed by atoms with Gasteiger partial charge in [0, 0.05) is 18.8 Å². The third-order valence-corrected chi connectivity index (χ3v) is 3.23. The molecule has 3 amide bonds.